The fourth-order valence-corrected chi connectivity index (χ4v) is 2.84. The third-order valence-corrected chi connectivity index (χ3v) is 3.94. The molecule has 18 heavy (non-hydrogen) atoms. The topological polar surface area (TPSA) is 34.9 Å². The molecule has 0 aliphatic rings. The van der Waals surface area contributed by atoms with Gasteiger partial charge in [-0.15, -0.1) is 11.8 Å². The second kappa shape index (κ2) is 6.20. The molecule has 1 aromatic heterocycles. The first-order valence-electron chi connectivity index (χ1n) is 5.62. The van der Waals surface area contributed by atoms with Crippen molar-refractivity contribution >= 4 is 33.5 Å². The maximum Gasteiger partial charge on any atom is 0.192 e. The number of benzene rings is 1. The van der Waals surface area contributed by atoms with E-state index in [0.29, 0.717) is 11.4 Å². The number of nitrogens with zero attached hydrogens (tertiary/aromatic N) is 2. The minimum atomic E-state index is 0.0622. The number of thioether (sulfide) groups is 1. The third-order valence-electron chi connectivity index (χ3n) is 2.45. The van der Waals surface area contributed by atoms with E-state index in [-0.39, 0.29) is 5.78 Å². The Labute approximate surface area is 119 Å². The number of hydrogen-bond acceptors (Lipinski definition) is 3. The molecule has 0 radical (unpaired) electrons. The van der Waals surface area contributed by atoms with Crippen molar-refractivity contribution in [2.75, 3.05) is 5.75 Å². The SMILES string of the molecule is CCn1cnc(C(=O)CSc2cccc(Br)c2)c1. The molecule has 5 heteroatoms. The molecule has 2 aromatic rings. The van der Waals surface area contributed by atoms with Crippen molar-refractivity contribution in [3.63, 3.8) is 0 Å². The number of aromatic nitrogens is 2. The Hall–Kier alpha value is -1.07. The van der Waals surface area contributed by atoms with E-state index in [1.807, 2.05) is 35.8 Å². The molecule has 1 heterocycles. The van der Waals surface area contributed by atoms with Crippen LogP contribution < -0.4 is 0 Å². The van der Waals surface area contributed by atoms with Gasteiger partial charge in [0.15, 0.2) is 5.78 Å². The Kier molecular flexibility index (Phi) is 4.60. The van der Waals surface area contributed by atoms with Crippen molar-refractivity contribution in [2.24, 2.45) is 0 Å². The van der Waals surface area contributed by atoms with E-state index < -0.39 is 0 Å². The van der Waals surface area contributed by atoms with E-state index >= 15 is 0 Å². The summed E-state index contributed by atoms with van der Waals surface area (Å²) >= 11 is 4.94. The normalized spacial score (nSPS) is 10.6. The molecule has 0 aliphatic carbocycles. The van der Waals surface area contributed by atoms with Gasteiger partial charge in [0, 0.05) is 22.1 Å². The summed E-state index contributed by atoms with van der Waals surface area (Å²) in [6.07, 6.45) is 3.49. The number of carbonyl (C=O) groups is 1. The monoisotopic (exact) mass is 324 g/mol. The number of carbonyl (C=O) groups excluding carboxylic acids is 1. The van der Waals surface area contributed by atoms with Crippen LogP contribution in [-0.2, 0) is 6.54 Å². The van der Waals surface area contributed by atoms with E-state index in [1.54, 1.807) is 12.5 Å². The fraction of sp³-hybridized carbons (Fsp3) is 0.231. The van der Waals surface area contributed by atoms with Gasteiger partial charge in [-0.1, -0.05) is 22.0 Å². The number of halogens is 1. The van der Waals surface area contributed by atoms with Crippen molar-refractivity contribution in [2.45, 2.75) is 18.4 Å². The predicted molar refractivity (Wildman–Crippen MR) is 77.1 cm³/mol. The lowest BCUT2D eigenvalue weighted by Crippen LogP contribution is -2.02. The number of rotatable bonds is 5. The molecule has 94 valence electrons. The smallest absolute Gasteiger partial charge is 0.192 e. The van der Waals surface area contributed by atoms with Crippen LogP contribution in [0.5, 0.6) is 0 Å². The molecular weight excluding hydrogens is 312 g/mol. The summed E-state index contributed by atoms with van der Waals surface area (Å²) < 4.78 is 2.92. The number of hydrogen-bond donors (Lipinski definition) is 0. The van der Waals surface area contributed by atoms with Crippen molar-refractivity contribution in [1.82, 2.24) is 9.55 Å². The molecule has 0 bridgehead atoms. The van der Waals surface area contributed by atoms with Crippen LogP contribution in [0.3, 0.4) is 0 Å². The van der Waals surface area contributed by atoms with Gasteiger partial charge in [0.05, 0.1) is 12.1 Å². The second-order valence-electron chi connectivity index (χ2n) is 3.76. The zero-order chi connectivity index (χ0) is 13.0. The Morgan fingerprint density at radius 3 is 3.00 bits per heavy atom. The van der Waals surface area contributed by atoms with Crippen LogP contribution in [-0.4, -0.2) is 21.1 Å². The first-order valence-corrected chi connectivity index (χ1v) is 7.40. The van der Waals surface area contributed by atoms with Crippen molar-refractivity contribution in [3.8, 4) is 0 Å². The van der Waals surface area contributed by atoms with Crippen molar-refractivity contribution in [3.05, 3.63) is 47.0 Å². The molecule has 2 rings (SSSR count). The Morgan fingerprint density at radius 1 is 1.50 bits per heavy atom. The first kappa shape index (κ1) is 13.4. The molecule has 0 unspecified atom stereocenters. The number of aryl methyl sites for hydroxylation is 1. The lowest BCUT2D eigenvalue weighted by atomic mass is 10.3. The van der Waals surface area contributed by atoms with E-state index in [0.717, 1.165) is 15.9 Å². The van der Waals surface area contributed by atoms with Gasteiger partial charge in [-0.25, -0.2) is 4.98 Å². The average molecular weight is 325 g/mol. The van der Waals surface area contributed by atoms with Gasteiger partial charge in [0.2, 0.25) is 0 Å². The van der Waals surface area contributed by atoms with E-state index in [9.17, 15) is 4.79 Å². The van der Waals surface area contributed by atoms with Gasteiger partial charge in [-0.3, -0.25) is 4.79 Å². The zero-order valence-electron chi connectivity index (χ0n) is 9.97. The quantitative estimate of drug-likeness (QED) is 0.622. The highest BCUT2D eigenvalue weighted by Gasteiger charge is 2.09. The highest BCUT2D eigenvalue weighted by Crippen LogP contribution is 2.22. The summed E-state index contributed by atoms with van der Waals surface area (Å²) in [5.41, 5.74) is 0.541. The highest BCUT2D eigenvalue weighted by atomic mass is 79.9. The summed E-state index contributed by atoms with van der Waals surface area (Å²) in [6, 6.07) is 7.92. The third kappa shape index (κ3) is 3.46. The molecule has 0 aliphatic heterocycles. The Balaban J connectivity index is 1.96. The van der Waals surface area contributed by atoms with Crippen molar-refractivity contribution < 1.29 is 4.79 Å². The molecule has 0 amide bonds. The van der Waals surface area contributed by atoms with Crippen LogP contribution in [0.25, 0.3) is 0 Å². The van der Waals surface area contributed by atoms with Crippen molar-refractivity contribution in [1.29, 1.82) is 0 Å². The van der Waals surface area contributed by atoms with E-state index in [2.05, 4.69) is 20.9 Å². The average Bonchev–Trinajstić information content (AvgIpc) is 2.85. The summed E-state index contributed by atoms with van der Waals surface area (Å²) in [6.45, 7) is 2.85. The maximum atomic E-state index is 11.9. The van der Waals surface area contributed by atoms with Crippen LogP contribution in [0, 0.1) is 0 Å². The molecule has 0 saturated carbocycles. The van der Waals surface area contributed by atoms with Crippen LogP contribution >= 0.6 is 27.7 Å². The molecule has 0 spiro atoms. The van der Waals surface area contributed by atoms with Gasteiger partial charge in [0.1, 0.15) is 5.69 Å². The summed E-state index contributed by atoms with van der Waals surface area (Å²) in [4.78, 5) is 17.1. The molecule has 3 nitrogen and oxygen atoms in total. The minimum Gasteiger partial charge on any atom is -0.337 e. The van der Waals surface area contributed by atoms with Crippen LogP contribution in [0.4, 0.5) is 0 Å². The lowest BCUT2D eigenvalue weighted by Gasteiger charge is -2.00. The summed E-state index contributed by atoms with van der Waals surface area (Å²) in [5, 5.41) is 0. The summed E-state index contributed by atoms with van der Waals surface area (Å²) in [7, 11) is 0. The molecule has 0 N–H and O–H groups in total. The fourth-order valence-electron chi connectivity index (χ4n) is 1.46. The molecule has 0 saturated heterocycles. The lowest BCUT2D eigenvalue weighted by molar-refractivity contribution is 0.101. The van der Waals surface area contributed by atoms with Crippen LogP contribution in [0.1, 0.15) is 17.4 Å². The van der Waals surface area contributed by atoms with Gasteiger partial charge in [-0.05, 0) is 25.1 Å². The van der Waals surface area contributed by atoms with E-state index in [1.165, 1.54) is 11.8 Å². The summed E-state index contributed by atoms with van der Waals surface area (Å²) in [5.74, 6) is 0.476. The van der Waals surface area contributed by atoms with Gasteiger partial charge in [0.25, 0.3) is 0 Å². The largest absolute Gasteiger partial charge is 0.337 e. The van der Waals surface area contributed by atoms with Crippen LogP contribution in [0.2, 0.25) is 0 Å². The first-order chi connectivity index (χ1) is 8.69. The zero-order valence-corrected chi connectivity index (χ0v) is 12.4. The number of imidazole rings is 1. The maximum absolute atomic E-state index is 11.9. The second-order valence-corrected chi connectivity index (χ2v) is 5.72. The Bertz CT molecular complexity index is 553. The Morgan fingerprint density at radius 2 is 2.33 bits per heavy atom. The standard InChI is InChI=1S/C13H13BrN2OS/c1-2-16-7-12(15-9-16)13(17)8-18-11-5-3-4-10(14)6-11/h3-7,9H,2,8H2,1H3. The van der Waals surface area contributed by atoms with E-state index in [4.69, 9.17) is 0 Å². The molecular formula is C13H13BrN2OS. The minimum absolute atomic E-state index is 0.0622. The number of ketones is 1. The van der Waals surface area contributed by atoms with Gasteiger partial charge >= 0.3 is 0 Å². The highest BCUT2D eigenvalue weighted by molar-refractivity contribution is 9.10. The van der Waals surface area contributed by atoms with Gasteiger partial charge < -0.3 is 4.57 Å². The predicted octanol–water partition coefficient (Wildman–Crippen LogP) is 3.64. The molecule has 0 fully saturated rings. The molecule has 0 atom stereocenters. The van der Waals surface area contributed by atoms with Gasteiger partial charge in [-0.2, -0.15) is 0 Å². The number of Topliss-reactive ketones (excluding diaryl/α,β-unsaturated/α-hetero) is 1. The molecule has 1 aromatic carbocycles. The van der Waals surface area contributed by atoms with Crippen LogP contribution in [0.15, 0.2) is 46.2 Å².